The molecule has 325 valence electrons. The summed E-state index contributed by atoms with van der Waals surface area (Å²) < 4.78 is 227. The molecular formula is C41H16F15MnN4O2-. The van der Waals surface area contributed by atoms with Gasteiger partial charge in [0, 0.05) is 66.0 Å². The number of nitrogens with zero attached hydrogens (tertiary/aromatic N) is 4. The summed E-state index contributed by atoms with van der Waals surface area (Å²) in [6.45, 7) is 3.65. The summed E-state index contributed by atoms with van der Waals surface area (Å²) in [6.07, 6.45) is 0. The van der Waals surface area contributed by atoms with E-state index in [2.05, 4.69) is 24.7 Å². The molecule has 63 heavy (non-hydrogen) atoms. The average molecular weight is 937 g/mol. The smallest absolute Gasteiger partial charge is 0.302 e. The SMILES string of the molecule is CCOC(C)=O.Fc1c(F)c(F)c([C+]2c3ccc([n-]3)-c3ccc([n-]3)[C+](c3c(F)c(F)c(F)c(F)c3F)c3ccc([n-]3)[C+](c3c(F)c(F)c(F)c(F)c3F)c3ccc2[n-]3)c(F)c1F.[Mn]. The molecule has 1 aliphatic rings. The van der Waals surface area contributed by atoms with Crippen LogP contribution in [-0.2, 0) is 26.6 Å². The van der Waals surface area contributed by atoms with Crippen molar-refractivity contribution >= 4 is 5.97 Å². The maximum Gasteiger partial charge on any atom is 0.302 e. The Morgan fingerprint density at radius 3 is 0.810 bits per heavy atom. The van der Waals surface area contributed by atoms with E-state index in [1.165, 1.54) is 6.92 Å². The zero-order chi connectivity index (χ0) is 45.2. The molecule has 22 heteroatoms. The Balaban J connectivity index is 0.000000883. The molecule has 0 atom stereocenters. The molecule has 0 fully saturated rings. The molecule has 0 amide bonds. The van der Waals surface area contributed by atoms with E-state index in [1.807, 2.05) is 0 Å². The van der Waals surface area contributed by atoms with Crippen LogP contribution in [0, 0.1) is 105 Å². The van der Waals surface area contributed by atoms with E-state index in [1.54, 1.807) is 6.92 Å². The quantitative estimate of drug-likeness (QED) is 0.0438. The first kappa shape index (κ1) is 45.8. The fraction of sp³-hybridized carbons (Fsp3) is 0.0732. The summed E-state index contributed by atoms with van der Waals surface area (Å²) in [5.74, 6) is -40.2. The summed E-state index contributed by atoms with van der Waals surface area (Å²) >= 11 is 0. The third kappa shape index (κ3) is 7.55. The Labute approximate surface area is 354 Å². The van der Waals surface area contributed by atoms with Crippen molar-refractivity contribution in [2.75, 3.05) is 6.61 Å². The van der Waals surface area contributed by atoms with Crippen molar-refractivity contribution in [1.82, 2.24) is 19.9 Å². The number of hydrogen-bond donors (Lipinski definition) is 0. The van der Waals surface area contributed by atoms with Crippen LogP contribution >= 0.6 is 0 Å². The van der Waals surface area contributed by atoms with Crippen molar-refractivity contribution in [1.29, 1.82) is 0 Å². The van der Waals surface area contributed by atoms with Crippen molar-refractivity contribution in [3.8, 4) is 11.4 Å². The number of aromatic nitrogens is 4. The largest absolute Gasteiger partial charge is 0.644 e. The Hall–Kier alpha value is -6.67. The first-order valence-electron chi connectivity index (χ1n) is 17.2. The van der Waals surface area contributed by atoms with Crippen LogP contribution in [0.3, 0.4) is 0 Å². The number of fused-ring (bicyclic) bond motifs is 9. The van der Waals surface area contributed by atoms with Gasteiger partial charge < -0.3 is 24.7 Å². The van der Waals surface area contributed by atoms with Crippen LogP contribution in [0.4, 0.5) is 65.9 Å². The number of ether oxygens (including phenoxy) is 1. The topological polar surface area (TPSA) is 82.7 Å². The van der Waals surface area contributed by atoms with Crippen molar-refractivity contribution in [2.45, 2.75) is 13.8 Å². The van der Waals surface area contributed by atoms with Gasteiger partial charge >= 0.3 is 5.97 Å². The van der Waals surface area contributed by atoms with Gasteiger partial charge in [-0.15, -0.1) is 11.4 Å². The maximum absolute atomic E-state index is 15.5. The molecule has 0 spiro atoms. The molecule has 0 aliphatic carbocycles. The zero-order valence-corrected chi connectivity index (χ0v) is 32.2. The number of rotatable bonds is 4. The van der Waals surface area contributed by atoms with E-state index in [9.17, 15) is 44.3 Å². The predicted octanol–water partition coefficient (Wildman–Crippen LogP) is 9.21. The Morgan fingerprint density at radius 2 is 0.603 bits per heavy atom. The normalized spacial score (nSPS) is 12.1. The Bertz CT molecular complexity index is 2680. The van der Waals surface area contributed by atoms with Crippen LogP contribution in [0.5, 0.6) is 0 Å². The number of carbonyl (C=O) groups is 1. The van der Waals surface area contributed by atoms with E-state index in [4.69, 9.17) is 0 Å². The van der Waals surface area contributed by atoms with Gasteiger partial charge in [0.1, 0.15) is 0 Å². The molecule has 0 N–H and O–H groups in total. The summed E-state index contributed by atoms with van der Waals surface area (Å²) in [5, 5.41) is 0. The van der Waals surface area contributed by atoms with Gasteiger partial charge in [-0.3, -0.25) is 4.79 Å². The Morgan fingerprint density at radius 1 is 0.397 bits per heavy atom. The summed E-state index contributed by atoms with van der Waals surface area (Å²) in [4.78, 5) is 26.1. The van der Waals surface area contributed by atoms with Crippen LogP contribution in [0.15, 0.2) is 48.5 Å². The molecule has 1 aliphatic heterocycles. The van der Waals surface area contributed by atoms with E-state index < -0.39 is 156 Å². The minimum absolute atomic E-state index is 0. The molecule has 8 rings (SSSR count). The molecular weight excluding hydrogens is 920 g/mol. The van der Waals surface area contributed by atoms with E-state index in [0.717, 1.165) is 48.5 Å². The zero-order valence-electron chi connectivity index (χ0n) is 31.0. The second-order valence-corrected chi connectivity index (χ2v) is 12.7. The van der Waals surface area contributed by atoms with Crippen molar-refractivity contribution in [2.24, 2.45) is 0 Å². The summed E-state index contributed by atoms with van der Waals surface area (Å²) in [6, 6.07) is 7.19. The van der Waals surface area contributed by atoms with Gasteiger partial charge in [0.2, 0.25) is 87.3 Å². The van der Waals surface area contributed by atoms with Crippen molar-refractivity contribution < 1.29 is 92.5 Å². The first-order chi connectivity index (χ1) is 29.3. The molecule has 0 unspecified atom stereocenters. The monoisotopic (exact) mass is 936 g/mol. The van der Waals surface area contributed by atoms with Gasteiger partial charge in [0.05, 0.1) is 6.61 Å². The van der Waals surface area contributed by atoms with Crippen molar-refractivity contribution in [3.63, 3.8) is 0 Å². The second kappa shape index (κ2) is 17.2. The fourth-order valence-electron chi connectivity index (χ4n) is 6.41. The van der Waals surface area contributed by atoms with Crippen LogP contribution in [0.25, 0.3) is 11.4 Å². The Kier molecular flexibility index (Phi) is 12.5. The summed E-state index contributed by atoms with van der Waals surface area (Å²) in [5.41, 5.74) is -9.94. The van der Waals surface area contributed by atoms with Crippen LogP contribution in [0.1, 0.15) is 64.7 Å². The van der Waals surface area contributed by atoms with Gasteiger partial charge in [-0.2, -0.15) is 65.9 Å². The third-order valence-electron chi connectivity index (χ3n) is 9.09. The van der Waals surface area contributed by atoms with Gasteiger partial charge in [-0.05, 0) is 54.0 Å². The van der Waals surface area contributed by atoms with Crippen molar-refractivity contribution in [3.05, 3.63) is 204 Å². The van der Waals surface area contributed by atoms with E-state index in [-0.39, 0.29) is 34.4 Å². The third-order valence-corrected chi connectivity index (χ3v) is 9.09. The molecule has 4 aromatic heterocycles. The number of hydrogen-bond acceptors (Lipinski definition) is 2. The number of halogens is 15. The van der Waals surface area contributed by atoms with Gasteiger partial charge in [-0.1, -0.05) is 11.4 Å². The maximum atomic E-state index is 15.5. The number of benzene rings is 3. The van der Waals surface area contributed by atoms with Crippen LogP contribution < -0.4 is 19.9 Å². The molecule has 5 heterocycles. The molecule has 1 radical (unpaired) electrons. The first-order valence-corrected chi connectivity index (χ1v) is 17.2. The number of esters is 1. The van der Waals surface area contributed by atoms with Gasteiger partial charge in [0.15, 0.2) is 16.7 Å². The molecule has 7 aromatic rings. The molecule has 0 saturated heterocycles. The average Bonchev–Trinajstić information content (AvgIpc) is 4.09. The predicted molar refractivity (Wildman–Crippen MR) is 181 cm³/mol. The minimum atomic E-state index is -2.62. The van der Waals surface area contributed by atoms with E-state index in [0.29, 0.717) is 6.61 Å². The van der Waals surface area contributed by atoms with Gasteiger partial charge in [0.25, 0.3) is 0 Å². The molecule has 0 saturated carbocycles. The standard InChI is InChI=1S/C37H8F15N4.C4H8O2.Mn/c38-23-20(24(39)30(45)35(50)29(23)44)17-11-3-1-9(53-11)10-2-4-12(54-10)18(21-25(40)31(46)36(51)32(47)26(21)41)14-6-8-16(56-14)19(15-7-5-13(17)55-15)22-27(42)33(48)37(52)34(49)28(22)43;1-3-6-4(2)5;/h1-8H;3H2,1-2H3;/q-1;;. The number of carbonyl (C=O) groups excluding carboxylic acids is 1. The second-order valence-electron chi connectivity index (χ2n) is 12.7. The summed E-state index contributed by atoms with van der Waals surface area (Å²) in [7, 11) is 0. The molecule has 6 nitrogen and oxygen atoms in total. The van der Waals surface area contributed by atoms with E-state index >= 15 is 26.3 Å². The molecule has 8 bridgehead atoms. The minimum Gasteiger partial charge on any atom is -0.644 e. The molecule has 3 aromatic carbocycles. The van der Waals surface area contributed by atoms with Crippen LogP contribution in [0.2, 0.25) is 0 Å². The van der Waals surface area contributed by atoms with Gasteiger partial charge in [-0.25, -0.2) is 0 Å². The fourth-order valence-corrected chi connectivity index (χ4v) is 6.41. The van der Waals surface area contributed by atoms with Crippen LogP contribution in [-0.4, -0.2) is 12.6 Å².